The monoisotopic (exact) mass is 1410 g/mol. The molecule has 2 unspecified atom stereocenters. The van der Waals surface area contributed by atoms with Gasteiger partial charge in [0.15, 0.2) is 12.2 Å². The van der Waals surface area contributed by atoms with Crippen molar-refractivity contribution in [3.05, 3.63) is 12.2 Å². The molecule has 17 nitrogen and oxygen atoms in total. The first-order valence-corrected chi connectivity index (χ1v) is 42.9. The lowest BCUT2D eigenvalue weighted by atomic mass is 10.0. The van der Waals surface area contributed by atoms with Gasteiger partial charge < -0.3 is 33.8 Å². The summed E-state index contributed by atoms with van der Waals surface area (Å²) in [6, 6.07) is 0. The zero-order chi connectivity index (χ0) is 70.4. The number of carbonyl (C=O) groups is 4. The Morgan fingerprint density at radius 1 is 0.281 bits per heavy atom. The van der Waals surface area contributed by atoms with E-state index in [2.05, 4.69) is 39.8 Å². The van der Waals surface area contributed by atoms with Crippen molar-refractivity contribution in [3.63, 3.8) is 0 Å². The van der Waals surface area contributed by atoms with E-state index >= 15 is 0 Å². The molecule has 0 fully saturated rings. The van der Waals surface area contributed by atoms with Gasteiger partial charge in [0.05, 0.1) is 26.4 Å². The van der Waals surface area contributed by atoms with Crippen LogP contribution in [-0.2, 0) is 65.4 Å². The fourth-order valence-electron chi connectivity index (χ4n) is 11.6. The summed E-state index contributed by atoms with van der Waals surface area (Å²) in [6.07, 6.45) is 63.3. The maximum atomic E-state index is 13.1. The molecule has 0 saturated carbocycles. The van der Waals surface area contributed by atoms with Gasteiger partial charge in [-0.05, 0) is 51.4 Å². The van der Waals surface area contributed by atoms with Gasteiger partial charge in [-0.1, -0.05) is 335 Å². The van der Waals surface area contributed by atoms with Gasteiger partial charge in [0.2, 0.25) is 0 Å². The minimum Gasteiger partial charge on any atom is -0.462 e. The highest BCUT2D eigenvalue weighted by molar-refractivity contribution is 7.47. The van der Waals surface area contributed by atoms with Crippen LogP contribution in [0.4, 0.5) is 0 Å². The average molecular weight is 1410 g/mol. The van der Waals surface area contributed by atoms with Gasteiger partial charge in [0, 0.05) is 25.7 Å². The molecular weight excluding hydrogens is 1260 g/mol. The summed E-state index contributed by atoms with van der Waals surface area (Å²) in [5.41, 5.74) is 0. The van der Waals surface area contributed by atoms with Crippen molar-refractivity contribution in [2.75, 3.05) is 39.6 Å². The zero-order valence-corrected chi connectivity index (χ0v) is 63.9. The van der Waals surface area contributed by atoms with Crippen molar-refractivity contribution in [1.82, 2.24) is 0 Å². The Kier molecular flexibility index (Phi) is 69.6. The number of carbonyl (C=O) groups excluding carboxylic acids is 4. The Morgan fingerprint density at radius 2 is 0.479 bits per heavy atom. The van der Waals surface area contributed by atoms with E-state index in [4.69, 9.17) is 37.0 Å². The number of phosphoric acid groups is 2. The summed E-state index contributed by atoms with van der Waals surface area (Å²) < 4.78 is 68.6. The van der Waals surface area contributed by atoms with Crippen LogP contribution in [0.5, 0.6) is 0 Å². The van der Waals surface area contributed by atoms with Crippen molar-refractivity contribution in [2.45, 2.75) is 418 Å². The SMILES string of the molecule is CCCCCC/C=C\CCCCCCCC(=O)OC[C@H](COP(=O)(O)OC[C@@H](O)COP(=O)(O)OC[C@@H](COC(=O)CCCCCCCCCCCCCCCCC)OC(=O)CCCCCCCCCCCCCCC)OC(=O)CCCCCCCCCCCCCCCCC. The molecule has 0 aromatic heterocycles. The molecular formula is C77H148O17P2. The number of aliphatic hydroxyl groups is 1. The van der Waals surface area contributed by atoms with Crippen LogP contribution in [0, 0.1) is 0 Å². The highest BCUT2D eigenvalue weighted by atomic mass is 31.2. The highest BCUT2D eigenvalue weighted by Crippen LogP contribution is 2.45. The Morgan fingerprint density at radius 3 is 0.729 bits per heavy atom. The zero-order valence-electron chi connectivity index (χ0n) is 62.1. The first-order valence-electron chi connectivity index (χ1n) is 39.9. The minimum atomic E-state index is -4.96. The van der Waals surface area contributed by atoms with Crippen LogP contribution >= 0.6 is 15.6 Å². The number of esters is 4. The van der Waals surface area contributed by atoms with E-state index in [0.717, 1.165) is 109 Å². The van der Waals surface area contributed by atoms with Gasteiger partial charge in [0.1, 0.15) is 19.3 Å². The molecule has 0 bridgehead atoms. The summed E-state index contributed by atoms with van der Waals surface area (Å²) in [7, 11) is -9.92. The third kappa shape index (κ3) is 70.2. The molecule has 96 heavy (non-hydrogen) atoms. The summed E-state index contributed by atoms with van der Waals surface area (Å²) in [5, 5.41) is 10.6. The number of hydrogen-bond donors (Lipinski definition) is 3. The minimum absolute atomic E-state index is 0.105. The van der Waals surface area contributed by atoms with Crippen LogP contribution in [-0.4, -0.2) is 96.7 Å². The van der Waals surface area contributed by atoms with Gasteiger partial charge in [-0.25, -0.2) is 9.13 Å². The van der Waals surface area contributed by atoms with E-state index in [-0.39, 0.29) is 25.7 Å². The van der Waals surface area contributed by atoms with E-state index in [9.17, 15) is 43.2 Å². The highest BCUT2D eigenvalue weighted by Gasteiger charge is 2.30. The molecule has 0 amide bonds. The number of unbranched alkanes of at least 4 members (excludes halogenated alkanes) is 49. The fraction of sp³-hybridized carbons (Fsp3) is 0.922. The maximum Gasteiger partial charge on any atom is 0.472 e. The molecule has 0 rings (SSSR count). The van der Waals surface area contributed by atoms with Crippen LogP contribution in [0.3, 0.4) is 0 Å². The van der Waals surface area contributed by atoms with Crippen LogP contribution in [0.1, 0.15) is 400 Å². The standard InChI is InChI=1S/C77H148O17P2/c1-5-9-13-17-21-25-29-33-35-39-42-46-50-54-58-62-75(80)88-68-72(93-76(81)63-59-55-51-47-43-38-32-28-24-20-16-12-8-4)69-91-95(83,84)89-65-71(78)66-90-96(85,86)92-70-73(67-87-74(79)61-57-53-49-45-41-37-31-27-23-19-15-11-7-3)94-77(82)64-60-56-52-48-44-40-36-34-30-26-22-18-14-10-6-2/h27,31,71-73,78H,5-26,28-30,32-70H2,1-4H3,(H,83,84)(H,85,86)/b31-27-/t71-,72+,73+/m0/s1. The number of phosphoric ester groups is 2. The lowest BCUT2D eigenvalue weighted by Gasteiger charge is -2.21. The topological polar surface area (TPSA) is 237 Å². The number of aliphatic hydroxyl groups excluding tert-OH is 1. The summed E-state index contributed by atoms with van der Waals surface area (Å²) in [6.45, 7) is 4.97. The van der Waals surface area contributed by atoms with Crippen molar-refractivity contribution >= 4 is 39.5 Å². The molecule has 0 aliphatic carbocycles. The van der Waals surface area contributed by atoms with E-state index in [1.54, 1.807) is 0 Å². The summed E-state index contributed by atoms with van der Waals surface area (Å²) >= 11 is 0. The third-order valence-electron chi connectivity index (χ3n) is 17.8. The molecule has 19 heteroatoms. The lowest BCUT2D eigenvalue weighted by Crippen LogP contribution is -2.30. The van der Waals surface area contributed by atoms with E-state index in [0.29, 0.717) is 25.7 Å². The normalized spacial score (nSPS) is 13.9. The summed E-state index contributed by atoms with van der Waals surface area (Å²) in [5.74, 6) is -2.12. The van der Waals surface area contributed by atoms with Crippen molar-refractivity contribution in [3.8, 4) is 0 Å². The smallest absolute Gasteiger partial charge is 0.462 e. The molecule has 0 radical (unpaired) electrons. The van der Waals surface area contributed by atoms with Crippen molar-refractivity contribution in [1.29, 1.82) is 0 Å². The lowest BCUT2D eigenvalue weighted by molar-refractivity contribution is -0.161. The predicted molar refractivity (Wildman–Crippen MR) is 391 cm³/mol. The Labute approximate surface area is 587 Å². The third-order valence-corrected chi connectivity index (χ3v) is 19.7. The molecule has 0 spiro atoms. The van der Waals surface area contributed by atoms with Gasteiger partial charge in [-0.3, -0.25) is 37.3 Å². The largest absolute Gasteiger partial charge is 0.472 e. The molecule has 568 valence electrons. The first-order chi connectivity index (χ1) is 46.7. The second kappa shape index (κ2) is 71.2. The molecule has 0 aliphatic rings. The van der Waals surface area contributed by atoms with E-state index in [1.807, 2.05) is 0 Å². The molecule has 3 N–H and O–H groups in total. The van der Waals surface area contributed by atoms with Crippen LogP contribution in [0.15, 0.2) is 12.2 Å². The van der Waals surface area contributed by atoms with Crippen LogP contribution < -0.4 is 0 Å². The summed E-state index contributed by atoms with van der Waals surface area (Å²) in [4.78, 5) is 72.9. The molecule has 5 atom stereocenters. The predicted octanol–water partition coefficient (Wildman–Crippen LogP) is 22.8. The number of allylic oxidation sites excluding steroid dienone is 2. The van der Waals surface area contributed by atoms with E-state index < -0.39 is 97.5 Å². The van der Waals surface area contributed by atoms with Gasteiger partial charge >= 0.3 is 39.5 Å². The van der Waals surface area contributed by atoms with Gasteiger partial charge in [-0.15, -0.1) is 0 Å². The van der Waals surface area contributed by atoms with Gasteiger partial charge in [-0.2, -0.15) is 0 Å². The molecule has 0 aliphatic heterocycles. The molecule has 0 heterocycles. The van der Waals surface area contributed by atoms with Gasteiger partial charge in [0.25, 0.3) is 0 Å². The number of hydrogen-bond acceptors (Lipinski definition) is 15. The van der Waals surface area contributed by atoms with E-state index in [1.165, 1.54) is 212 Å². The van der Waals surface area contributed by atoms with Crippen molar-refractivity contribution < 1.29 is 80.2 Å². The molecule has 0 aromatic carbocycles. The molecule has 0 saturated heterocycles. The Hall–Kier alpha value is -2.20. The van der Waals surface area contributed by atoms with Crippen molar-refractivity contribution in [2.24, 2.45) is 0 Å². The van der Waals surface area contributed by atoms with Crippen LogP contribution in [0.2, 0.25) is 0 Å². The average Bonchev–Trinajstić information content (AvgIpc) is 1.22. The Bertz CT molecular complexity index is 1870. The number of ether oxygens (including phenoxy) is 4. The quantitative estimate of drug-likeness (QED) is 0.0169. The second-order valence-corrected chi connectivity index (χ2v) is 30.3. The first kappa shape index (κ1) is 93.8. The fourth-order valence-corrected chi connectivity index (χ4v) is 13.2. The maximum absolute atomic E-state index is 13.1. The Balaban J connectivity index is 5.27. The molecule has 0 aromatic rings. The number of rotatable bonds is 77. The second-order valence-electron chi connectivity index (χ2n) is 27.4. The van der Waals surface area contributed by atoms with Crippen LogP contribution in [0.25, 0.3) is 0 Å².